The van der Waals surface area contributed by atoms with E-state index in [-0.39, 0.29) is 0 Å². The van der Waals surface area contributed by atoms with Gasteiger partial charge in [-0.1, -0.05) is 33.6 Å². The topological polar surface area (TPSA) is 41.6 Å². The minimum absolute atomic E-state index is 0.588. The van der Waals surface area contributed by atoms with Crippen molar-refractivity contribution < 1.29 is 0 Å². The highest BCUT2D eigenvalue weighted by Crippen LogP contribution is 2.34. The molecule has 1 saturated carbocycles. The van der Waals surface area contributed by atoms with Gasteiger partial charge in [0.05, 0.1) is 12.6 Å². The van der Waals surface area contributed by atoms with Crippen LogP contribution >= 0.6 is 0 Å². The van der Waals surface area contributed by atoms with Gasteiger partial charge in [0.25, 0.3) is 0 Å². The second kappa shape index (κ2) is 5.28. The zero-order chi connectivity index (χ0) is 12.4. The molecule has 2 rings (SSSR count). The Labute approximate surface area is 105 Å². The first-order valence-electron chi connectivity index (χ1n) is 7.14. The van der Waals surface area contributed by atoms with Crippen LogP contribution in [-0.4, -0.2) is 30.0 Å². The molecule has 0 spiro atoms. The average Bonchev–Trinajstić information content (AvgIpc) is 2.61. The first-order chi connectivity index (χ1) is 8.08. The Hall–Kier alpha value is -0.730. The summed E-state index contributed by atoms with van der Waals surface area (Å²) in [7, 11) is 0. The van der Waals surface area contributed by atoms with Gasteiger partial charge in [0.1, 0.15) is 0 Å². The maximum Gasteiger partial charge on any atom is 0.191 e. The van der Waals surface area contributed by atoms with Crippen LogP contribution in [0, 0.1) is 17.8 Å². The van der Waals surface area contributed by atoms with E-state index in [1.165, 1.54) is 25.7 Å². The Morgan fingerprint density at radius 3 is 2.53 bits per heavy atom. The number of hydrogen-bond acceptors (Lipinski definition) is 3. The summed E-state index contributed by atoms with van der Waals surface area (Å²) in [5.41, 5.74) is 6.03. The molecule has 1 heterocycles. The van der Waals surface area contributed by atoms with Crippen LogP contribution in [0.2, 0.25) is 0 Å². The molecular weight excluding hydrogens is 210 g/mol. The van der Waals surface area contributed by atoms with Crippen molar-refractivity contribution in [2.45, 2.75) is 52.5 Å². The third kappa shape index (κ3) is 2.93. The molecule has 1 aliphatic heterocycles. The van der Waals surface area contributed by atoms with E-state index in [0.717, 1.165) is 30.9 Å². The van der Waals surface area contributed by atoms with Crippen LogP contribution in [0.3, 0.4) is 0 Å². The average molecular weight is 237 g/mol. The summed E-state index contributed by atoms with van der Waals surface area (Å²) in [5, 5.41) is 0. The van der Waals surface area contributed by atoms with Gasteiger partial charge in [-0.3, -0.25) is 4.99 Å². The minimum atomic E-state index is 0.588. The highest BCUT2D eigenvalue weighted by atomic mass is 15.3. The summed E-state index contributed by atoms with van der Waals surface area (Å²) in [5.74, 6) is 3.17. The van der Waals surface area contributed by atoms with E-state index in [1.54, 1.807) is 0 Å². The quantitative estimate of drug-likeness (QED) is 0.819. The molecule has 0 aromatic rings. The number of guanidine groups is 1. The molecule has 1 aliphatic carbocycles. The van der Waals surface area contributed by atoms with Gasteiger partial charge in [0.2, 0.25) is 0 Å². The molecule has 0 radical (unpaired) electrons. The molecular formula is C14H27N3. The summed E-state index contributed by atoms with van der Waals surface area (Å²) in [6.45, 7) is 8.88. The summed E-state index contributed by atoms with van der Waals surface area (Å²) >= 11 is 0. The fraction of sp³-hybridized carbons (Fsp3) is 0.929. The number of rotatable bonds is 3. The smallest absolute Gasteiger partial charge is 0.191 e. The van der Waals surface area contributed by atoms with Gasteiger partial charge in [-0.2, -0.15) is 0 Å². The van der Waals surface area contributed by atoms with E-state index in [0.29, 0.717) is 12.0 Å². The molecule has 0 saturated heterocycles. The third-order valence-electron chi connectivity index (χ3n) is 4.30. The molecule has 3 heteroatoms. The Kier molecular flexibility index (Phi) is 3.95. The molecule has 0 aromatic heterocycles. The maximum atomic E-state index is 6.03. The number of aliphatic imine (C=N–C) groups is 1. The van der Waals surface area contributed by atoms with Crippen molar-refractivity contribution >= 4 is 5.96 Å². The second-order valence-corrected chi connectivity index (χ2v) is 6.33. The first-order valence-corrected chi connectivity index (χ1v) is 7.14. The molecule has 1 unspecified atom stereocenters. The van der Waals surface area contributed by atoms with Crippen LogP contribution in [0.15, 0.2) is 4.99 Å². The highest BCUT2D eigenvalue weighted by Gasteiger charge is 2.34. The standard InChI is InChI=1S/C14H27N3/c1-10(2)9-17-13(8-16-14(17)15)12-6-4-11(3)5-7-12/h10-13H,4-9H2,1-3H3,(H2,15,16). The van der Waals surface area contributed by atoms with Gasteiger partial charge in [-0.25, -0.2) is 0 Å². The summed E-state index contributed by atoms with van der Waals surface area (Å²) in [6.07, 6.45) is 5.50. The van der Waals surface area contributed by atoms with Crippen molar-refractivity contribution in [2.75, 3.05) is 13.1 Å². The van der Waals surface area contributed by atoms with Gasteiger partial charge < -0.3 is 10.6 Å². The predicted molar refractivity (Wildman–Crippen MR) is 72.9 cm³/mol. The summed E-state index contributed by atoms with van der Waals surface area (Å²) in [6, 6.07) is 0.588. The fourth-order valence-electron chi connectivity index (χ4n) is 3.24. The van der Waals surface area contributed by atoms with Crippen LogP contribution < -0.4 is 5.73 Å². The Morgan fingerprint density at radius 1 is 1.29 bits per heavy atom. The van der Waals surface area contributed by atoms with Crippen molar-refractivity contribution in [3.05, 3.63) is 0 Å². The highest BCUT2D eigenvalue weighted by molar-refractivity contribution is 5.80. The van der Waals surface area contributed by atoms with Gasteiger partial charge in [0, 0.05) is 6.54 Å². The lowest BCUT2D eigenvalue weighted by Crippen LogP contribution is -2.47. The van der Waals surface area contributed by atoms with E-state index in [1.807, 2.05) is 0 Å². The Morgan fingerprint density at radius 2 is 1.94 bits per heavy atom. The minimum Gasteiger partial charge on any atom is -0.370 e. The van der Waals surface area contributed by atoms with Crippen molar-refractivity contribution in [2.24, 2.45) is 28.5 Å². The summed E-state index contributed by atoms with van der Waals surface area (Å²) in [4.78, 5) is 6.83. The van der Waals surface area contributed by atoms with Crippen molar-refractivity contribution in [3.8, 4) is 0 Å². The lowest BCUT2D eigenvalue weighted by Gasteiger charge is -2.37. The number of nitrogens with zero attached hydrogens (tertiary/aromatic N) is 2. The summed E-state index contributed by atoms with van der Waals surface area (Å²) < 4.78 is 0. The van der Waals surface area contributed by atoms with Crippen LogP contribution in [0.1, 0.15) is 46.5 Å². The van der Waals surface area contributed by atoms with Crippen molar-refractivity contribution in [1.82, 2.24) is 4.90 Å². The van der Waals surface area contributed by atoms with Gasteiger partial charge in [-0.05, 0) is 30.6 Å². The lowest BCUT2D eigenvalue weighted by atomic mass is 9.79. The molecule has 0 aromatic carbocycles. The maximum absolute atomic E-state index is 6.03. The van der Waals surface area contributed by atoms with E-state index < -0.39 is 0 Å². The van der Waals surface area contributed by atoms with Crippen molar-refractivity contribution in [1.29, 1.82) is 0 Å². The largest absolute Gasteiger partial charge is 0.370 e. The third-order valence-corrected chi connectivity index (χ3v) is 4.30. The normalized spacial score (nSPS) is 34.2. The molecule has 1 fully saturated rings. The van der Waals surface area contributed by atoms with E-state index in [4.69, 9.17) is 5.73 Å². The second-order valence-electron chi connectivity index (χ2n) is 6.33. The molecule has 98 valence electrons. The first kappa shape index (κ1) is 12.7. The van der Waals surface area contributed by atoms with Crippen molar-refractivity contribution in [3.63, 3.8) is 0 Å². The van der Waals surface area contributed by atoms with Crippen LogP contribution in [0.5, 0.6) is 0 Å². The Bertz CT molecular complexity index is 277. The van der Waals surface area contributed by atoms with Crippen LogP contribution in [0.4, 0.5) is 0 Å². The van der Waals surface area contributed by atoms with Crippen LogP contribution in [-0.2, 0) is 0 Å². The lowest BCUT2D eigenvalue weighted by molar-refractivity contribution is 0.171. The number of hydrogen-bond donors (Lipinski definition) is 1. The molecule has 1 atom stereocenters. The molecule has 2 N–H and O–H groups in total. The SMILES string of the molecule is CC(C)CN1C(N)=NCC1C1CCC(C)CC1. The monoisotopic (exact) mass is 237 g/mol. The van der Waals surface area contributed by atoms with Gasteiger partial charge >= 0.3 is 0 Å². The molecule has 0 amide bonds. The van der Waals surface area contributed by atoms with Crippen LogP contribution in [0.25, 0.3) is 0 Å². The molecule has 3 nitrogen and oxygen atoms in total. The van der Waals surface area contributed by atoms with E-state index in [9.17, 15) is 0 Å². The van der Waals surface area contributed by atoms with Gasteiger partial charge in [0.15, 0.2) is 5.96 Å². The Balaban J connectivity index is 1.96. The number of nitrogens with two attached hydrogens (primary N) is 1. The zero-order valence-electron chi connectivity index (χ0n) is 11.5. The molecule has 2 aliphatic rings. The molecule has 0 bridgehead atoms. The molecule has 17 heavy (non-hydrogen) atoms. The predicted octanol–water partition coefficient (Wildman–Crippen LogP) is 2.47. The van der Waals surface area contributed by atoms with E-state index >= 15 is 0 Å². The fourth-order valence-corrected chi connectivity index (χ4v) is 3.24. The van der Waals surface area contributed by atoms with Gasteiger partial charge in [-0.15, -0.1) is 0 Å². The van der Waals surface area contributed by atoms with E-state index in [2.05, 4.69) is 30.7 Å². The zero-order valence-corrected chi connectivity index (χ0v) is 11.5.